The molecule has 0 atom stereocenters. The number of nitro benzene ring substituents is 1. The minimum absolute atomic E-state index is 0.0939. The quantitative estimate of drug-likeness (QED) is 0.305. The lowest BCUT2D eigenvalue weighted by Crippen LogP contribution is -2.25. The molecule has 2 aromatic rings. The molecule has 2 aromatic carbocycles. The van der Waals surface area contributed by atoms with Crippen molar-refractivity contribution in [3.63, 3.8) is 0 Å². The van der Waals surface area contributed by atoms with E-state index in [0.29, 0.717) is 12.2 Å². The highest BCUT2D eigenvalue weighted by Crippen LogP contribution is 2.31. The number of hydrogen-bond donors (Lipinski definition) is 1. The van der Waals surface area contributed by atoms with E-state index in [9.17, 15) is 20.0 Å². The predicted octanol–water partition coefficient (Wildman–Crippen LogP) is 1.93. The van der Waals surface area contributed by atoms with Crippen LogP contribution < -0.4 is 20.0 Å². The van der Waals surface area contributed by atoms with Crippen molar-refractivity contribution in [1.82, 2.24) is 5.43 Å². The zero-order chi connectivity index (χ0) is 20.5. The lowest BCUT2D eigenvalue weighted by molar-refractivity contribution is -0.398. The van der Waals surface area contributed by atoms with Crippen molar-refractivity contribution in [2.45, 2.75) is 6.42 Å². The van der Waals surface area contributed by atoms with Crippen molar-refractivity contribution in [1.29, 1.82) is 0 Å². The Morgan fingerprint density at radius 3 is 2.79 bits per heavy atom. The number of nitro groups is 1. The van der Waals surface area contributed by atoms with Crippen LogP contribution in [0.2, 0.25) is 0 Å². The minimum atomic E-state index is -0.835. The largest absolute Gasteiger partial charge is 0.867 e. The molecule has 0 aliphatic rings. The number of amides is 1. The van der Waals surface area contributed by atoms with Gasteiger partial charge in [0.2, 0.25) is 0 Å². The molecule has 0 aliphatic carbocycles. The maximum atomic E-state index is 12.0. The van der Waals surface area contributed by atoms with E-state index in [0.717, 1.165) is 17.8 Å². The summed E-state index contributed by atoms with van der Waals surface area (Å²) in [6.07, 6.45) is 3.33. The van der Waals surface area contributed by atoms with Crippen LogP contribution in [-0.4, -0.2) is 30.8 Å². The number of para-hydroxylation sites is 1. The van der Waals surface area contributed by atoms with Crippen LogP contribution in [0, 0.1) is 10.1 Å². The van der Waals surface area contributed by atoms with E-state index >= 15 is 0 Å². The summed E-state index contributed by atoms with van der Waals surface area (Å²) in [6.45, 7) is 3.37. The number of carbonyl (C=O) groups excluding carboxylic acids is 1. The van der Waals surface area contributed by atoms with Gasteiger partial charge in [0.05, 0.1) is 24.3 Å². The van der Waals surface area contributed by atoms with Crippen molar-refractivity contribution in [3.05, 3.63) is 70.3 Å². The SMILES string of the molecule is C=CCc1ccccc1OCC(=O)N/N=C\c1cc(OC)cc([N+](=O)[O-])c1[O-]. The summed E-state index contributed by atoms with van der Waals surface area (Å²) < 4.78 is 10.4. The smallest absolute Gasteiger partial charge is 0.277 e. The van der Waals surface area contributed by atoms with Crippen LogP contribution in [0.3, 0.4) is 0 Å². The molecule has 2 rings (SSSR count). The van der Waals surface area contributed by atoms with Crippen molar-refractivity contribution >= 4 is 17.8 Å². The average molecular weight is 384 g/mol. The molecule has 0 aliphatic heterocycles. The highest BCUT2D eigenvalue weighted by molar-refractivity contribution is 5.87. The van der Waals surface area contributed by atoms with Gasteiger partial charge in [0, 0.05) is 0 Å². The second kappa shape index (κ2) is 9.72. The Kier molecular flexibility index (Phi) is 7.09. The van der Waals surface area contributed by atoms with Gasteiger partial charge in [-0.2, -0.15) is 5.10 Å². The van der Waals surface area contributed by atoms with E-state index in [1.807, 2.05) is 12.1 Å². The third-order valence-electron chi connectivity index (χ3n) is 3.59. The van der Waals surface area contributed by atoms with Crippen molar-refractivity contribution in [2.75, 3.05) is 13.7 Å². The van der Waals surface area contributed by atoms with E-state index in [1.54, 1.807) is 18.2 Å². The molecule has 1 N–H and O–H groups in total. The van der Waals surface area contributed by atoms with Gasteiger partial charge in [-0.1, -0.05) is 24.3 Å². The normalized spacial score (nSPS) is 10.5. The van der Waals surface area contributed by atoms with E-state index in [-0.39, 0.29) is 17.9 Å². The number of ether oxygens (including phenoxy) is 2. The van der Waals surface area contributed by atoms with Gasteiger partial charge in [-0.25, -0.2) is 5.43 Å². The summed E-state index contributed by atoms with van der Waals surface area (Å²) >= 11 is 0. The first-order chi connectivity index (χ1) is 13.5. The first-order valence-corrected chi connectivity index (χ1v) is 8.13. The number of nitrogens with zero attached hydrogens (tertiary/aromatic N) is 2. The Hall–Kier alpha value is -3.88. The molecular formula is C19H18N3O6-. The number of hydrogen-bond acceptors (Lipinski definition) is 7. The van der Waals surface area contributed by atoms with Gasteiger partial charge in [0.25, 0.3) is 11.6 Å². The maximum Gasteiger partial charge on any atom is 0.277 e. The standard InChI is InChI=1S/C19H19N3O6/c1-3-6-13-7-4-5-8-17(13)28-12-18(23)21-20-11-14-9-15(27-2)10-16(19(14)24)22(25)26/h3-5,7-11,24H,1,6,12H2,2H3,(H,21,23)/p-1/b20-11-. The zero-order valence-corrected chi connectivity index (χ0v) is 15.1. The number of allylic oxidation sites excluding steroid dienone is 1. The number of carbonyl (C=O) groups is 1. The van der Waals surface area contributed by atoms with Gasteiger partial charge in [-0.15, -0.1) is 6.58 Å². The van der Waals surface area contributed by atoms with E-state index in [1.165, 1.54) is 13.2 Å². The molecule has 0 heterocycles. The molecule has 146 valence electrons. The number of methoxy groups -OCH3 is 1. The topological polar surface area (TPSA) is 126 Å². The van der Waals surface area contributed by atoms with Gasteiger partial charge in [-0.05, 0) is 35.4 Å². The molecule has 1 amide bonds. The predicted molar refractivity (Wildman–Crippen MR) is 101 cm³/mol. The molecule has 0 unspecified atom stereocenters. The molecule has 9 heteroatoms. The van der Waals surface area contributed by atoms with Crippen molar-refractivity contribution in [2.24, 2.45) is 5.10 Å². The molecular weight excluding hydrogens is 366 g/mol. The van der Waals surface area contributed by atoms with Crippen LogP contribution in [0.15, 0.2) is 54.2 Å². The molecule has 9 nitrogen and oxygen atoms in total. The van der Waals surface area contributed by atoms with Crippen molar-refractivity contribution < 1.29 is 24.3 Å². The monoisotopic (exact) mass is 384 g/mol. The van der Waals surface area contributed by atoms with Crippen LogP contribution >= 0.6 is 0 Å². The van der Waals surface area contributed by atoms with Gasteiger partial charge in [-0.3, -0.25) is 14.9 Å². The second-order valence-corrected chi connectivity index (χ2v) is 5.50. The molecule has 0 spiro atoms. The summed E-state index contributed by atoms with van der Waals surface area (Å²) in [7, 11) is 1.31. The first kappa shape index (κ1) is 20.4. The highest BCUT2D eigenvalue weighted by atomic mass is 16.6. The summed E-state index contributed by atoms with van der Waals surface area (Å²) in [5, 5.41) is 26.6. The Balaban J connectivity index is 2.01. The Morgan fingerprint density at radius 1 is 1.36 bits per heavy atom. The second-order valence-electron chi connectivity index (χ2n) is 5.50. The summed E-state index contributed by atoms with van der Waals surface area (Å²) in [5.41, 5.74) is 2.35. The van der Waals surface area contributed by atoms with Gasteiger partial charge < -0.3 is 14.6 Å². The lowest BCUT2D eigenvalue weighted by Gasteiger charge is -2.12. The fourth-order valence-electron chi connectivity index (χ4n) is 2.28. The first-order valence-electron chi connectivity index (χ1n) is 8.13. The molecule has 28 heavy (non-hydrogen) atoms. The molecule has 0 bridgehead atoms. The summed E-state index contributed by atoms with van der Waals surface area (Å²) in [5.74, 6) is -0.721. The number of benzene rings is 2. The molecule has 0 saturated carbocycles. The number of hydrazone groups is 1. The van der Waals surface area contributed by atoms with Gasteiger partial charge >= 0.3 is 0 Å². The average Bonchev–Trinajstić information content (AvgIpc) is 2.68. The van der Waals surface area contributed by atoms with Crippen LogP contribution in [0.4, 0.5) is 5.69 Å². The van der Waals surface area contributed by atoms with Gasteiger partial charge in [0.1, 0.15) is 11.5 Å². The Morgan fingerprint density at radius 2 is 2.11 bits per heavy atom. The minimum Gasteiger partial charge on any atom is -0.867 e. The van der Waals surface area contributed by atoms with Crippen LogP contribution in [0.25, 0.3) is 0 Å². The van der Waals surface area contributed by atoms with Gasteiger partial charge in [0.15, 0.2) is 6.61 Å². The van der Waals surface area contributed by atoms with E-state index in [4.69, 9.17) is 9.47 Å². The molecule has 0 radical (unpaired) electrons. The third-order valence-corrected chi connectivity index (χ3v) is 3.59. The fourth-order valence-corrected chi connectivity index (χ4v) is 2.28. The highest BCUT2D eigenvalue weighted by Gasteiger charge is 2.12. The zero-order valence-electron chi connectivity index (χ0n) is 15.1. The number of rotatable bonds is 9. The summed E-state index contributed by atoms with van der Waals surface area (Å²) in [4.78, 5) is 22.0. The maximum absolute atomic E-state index is 12.0. The third kappa shape index (κ3) is 5.31. The summed E-state index contributed by atoms with van der Waals surface area (Å²) in [6, 6.07) is 9.53. The molecule has 0 saturated heterocycles. The Bertz CT molecular complexity index is 911. The fraction of sp³-hybridized carbons (Fsp3) is 0.158. The van der Waals surface area contributed by atoms with Crippen LogP contribution in [-0.2, 0) is 11.2 Å². The number of nitrogens with one attached hydrogen (secondary N) is 1. The van der Waals surface area contributed by atoms with E-state index in [2.05, 4.69) is 17.1 Å². The van der Waals surface area contributed by atoms with Crippen LogP contribution in [0.5, 0.6) is 17.2 Å². The van der Waals surface area contributed by atoms with E-state index < -0.39 is 22.3 Å². The Labute approximate surface area is 161 Å². The van der Waals surface area contributed by atoms with Crippen molar-refractivity contribution in [3.8, 4) is 17.2 Å². The molecule has 0 aromatic heterocycles. The van der Waals surface area contributed by atoms with Crippen LogP contribution in [0.1, 0.15) is 11.1 Å². The lowest BCUT2D eigenvalue weighted by atomic mass is 10.1. The molecule has 0 fully saturated rings.